The van der Waals surface area contributed by atoms with Gasteiger partial charge in [0.1, 0.15) is 50.3 Å². The molecule has 0 atom stereocenters. The van der Waals surface area contributed by atoms with Gasteiger partial charge in [-0.05, 0) is 89.3 Å². The van der Waals surface area contributed by atoms with Crippen LogP contribution in [0.3, 0.4) is 0 Å². The summed E-state index contributed by atoms with van der Waals surface area (Å²) in [4.78, 5) is 79.9. The number of nitro benzene ring substituents is 1. The molecule has 89 heavy (non-hydrogen) atoms. The zero-order chi connectivity index (χ0) is 64.3. The van der Waals surface area contributed by atoms with Crippen molar-refractivity contribution in [1.29, 1.82) is 0 Å². The van der Waals surface area contributed by atoms with Crippen molar-refractivity contribution in [3.8, 4) is 39.5 Å². The molecule has 8 aromatic rings. The van der Waals surface area contributed by atoms with Crippen LogP contribution in [0.5, 0.6) is 17.2 Å². The zero-order valence-corrected chi connectivity index (χ0v) is 49.4. The van der Waals surface area contributed by atoms with Crippen LogP contribution in [0.1, 0.15) is 38.8 Å². The van der Waals surface area contributed by atoms with E-state index in [9.17, 15) is 38.9 Å². The minimum atomic E-state index is -0.446. The molecule has 454 valence electrons. The Morgan fingerprint density at radius 3 is 1.54 bits per heavy atom. The van der Waals surface area contributed by atoms with Crippen molar-refractivity contribution in [3.05, 3.63) is 308 Å². The maximum atomic E-state index is 11.5. The molecule has 0 saturated heterocycles. The molecule has 0 aromatic heterocycles. The molecule has 1 heterocycles. The first-order valence-electron chi connectivity index (χ1n) is 27.5. The first-order valence-corrected chi connectivity index (χ1v) is 27.5. The highest BCUT2D eigenvalue weighted by Crippen LogP contribution is 2.30. The largest absolute Gasteiger partial charge is 0.489 e. The van der Waals surface area contributed by atoms with E-state index in [4.69, 9.17) is 28.4 Å². The second kappa shape index (κ2) is 36.9. The molecule has 0 fully saturated rings. The van der Waals surface area contributed by atoms with Gasteiger partial charge >= 0.3 is 23.9 Å². The number of benzene rings is 8. The molecule has 17 nitrogen and oxygen atoms in total. The molecule has 0 aliphatic carbocycles. The summed E-state index contributed by atoms with van der Waals surface area (Å²) < 4.78 is 31.1. The Morgan fingerprint density at radius 1 is 0.517 bits per heavy atom. The van der Waals surface area contributed by atoms with E-state index in [1.807, 2.05) is 164 Å². The Morgan fingerprint density at radius 2 is 1.00 bits per heavy atom. The molecule has 9 rings (SSSR count). The molecule has 0 bridgehead atoms. The van der Waals surface area contributed by atoms with Crippen LogP contribution in [0.2, 0.25) is 0 Å². The molecule has 0 N–H and O–H groups in total. The summed E-state index contributed by atoms with van der Waals surface area (Å²) in [7, 11) is 1.82. The van der Waals surface area contributed by atoms with Crippen molar-refractivity contribution in [2.24, 2.45) is 0 Å². The van der Waals surface area contributed by atoms with Gasteiger partial charge in [-0.2, -0.15) is 0 Å². The van der Waals surface area contributed by atoms with Gasteiger partial charge in [0.25, 0.3) is 17.5 Å². The van der Waals surface area contributed by atoms with Crippen LogP contribution >= 0.6 is 0 Å². The van der Waals surface area contributed by atoms with Crippen molar-refractivity contribution in [1.82, 2.24) is 4.90 Å². The Labute approximate surface area is 517 Å². The molecule has 1 aliphatic heterocycles. The van der Waals surface area contributed by atoms with E-state index in [2.05, 4.69) is 45.0 Å². The number of hydrogen-bond acceptors (Lipinski definition) is 15. The van der Waals surface area contributed by atoms with Gasteiger partial charge in [-0.25, -0.2) is 24.1 Å². The number of likely N-dealkylation sites (N-methyl/N-ethyl adjacent to an activating group) is 1. The van der Waals surface area contributed by atoms with Crippen LogP contribution in [-0.4, -0.2) is 78.9 Å². The van der Waals surface area contributed by atoms with E-state index in [0.29, 0.717) is 35.6 Å². The second-order valence-electron chi connectivity index (χ2n) is 18.7. The van der Waals surface area contributed by atoms with Gasteiger partial charge in [-0.15, -0.1) is 0 Å². The number of amides is 2. The van der Waals surface area contributed by atoms with Crippen molar-refractivity contribution in [3.63, 3.8) is 0 Å². The first-order chi connectivity index (χ1) is 43.0. The van der Waals surface area contributed by atoms with E-state index in [-0.39, 0.29) is 43.9 Å². The van der Waals surface area contributed by atoms with Crippen LogP contribution in [0.15, 0.2) is 275 Å². The van der Waals surface area contributed by atoms with Crippen molar-refractivity contribution >= 4 is 47.1 Å². The Hall–Kier alpha value is -11.7. The van der Waals surface area contributed by atoms with E-state index in [1.165, 1.54) is 30.0 Å². The lowest BCUT2D eigenvalue weighted by atomic mass is 10.0. The summed E-state index contributed by atoms with van der Waals surface area (Å²) in [5, 5.41) is 10.5. The van der Waals surface area contributed by atoms with Crippen molar-refractivity contribution in [2.75, 3.05) is 38.3 Å². The first kappa shape index (κ1) is 68.1. The number of hydrogen-bond donors (Lipinski definition) is 0. The topological polar surface area (TPSA) is 207 Å². The second-order valence-corrected chi connectivity index (χ2v) is 18.7. The quantitative estimate of drug-likeness (QED) is 0.0118. The van der Waals surface area contributed by atoms with E-state index >= 15 is 0 Å². The highest BCUT2D eigenvalue weighted by molar-refractivity contribution is 6.22. The molecule has 17 heteroatoms. The van der Waals surface area contributed by atoms with E-state index in [0.717, 1.165) is 62.1 Å². The highest BCUT2D eigenvalue weighted by atomic mass is 16.6. The molecule has 0 spiro atoms. The number of nitrogens with zero attached hydrogens (tertiary/aromatic N) is 3. The average Bonchev–Trinajstić information content (AvgIpc) is 2.50. The highest BCUT2D eigenvalue weighted by Gasteiger charge is 2.33. The summed E-state index contributed by atoms with van der Waals surface area (Å²) in [6, 6.07) is 65.7. The number of fused-ring (bicyclic) bond motifs is 1. The summed E-state index contributed by atoms with van der Waals surface area (Å²) in [5.41, 5.74) is 8.38. The van der Waals surface area contributed by atoms with Crippen LogP contribution in [0.25, 0.3) is 22.3 Å². The standard InChI is InChI=1S/C17H16O3.C16H14O3.C16H14O2.C13H16N2O4.C10H7NO2/c1-2-17(18)20-13-12-19-16-11-7-6-10-15(16)14-8-4-3-5-9-14;1-2-16(17)18-12-13-7-6-10-15(11-13)19-14-8-4-3-5-9-14;1-2-16(17)18-12-13-8-10-15(11-9-13)14-6-4-3-5-7-14;1-10(2)13(16)19-9-8-14(3)11-4-6-12(7-5-11)15(17)18;1-2-11-9(12)7-5-3-4-6-8(7)10(11)13/h2-11H,1,12-13H2;2-11H,1,12H2;2-11H,1,12H2;4-7H,1,8-9H2,2-3H3;2-6H,1H2. The maximum absolute atomic E-state index is 11.5. The van der Waals surface area contributed by atoms with Crippen LogP contribution in [0.4, 0.5) is 11.4 Å². The van der Waals surface area contributed by atoms with Gasteiger partial charge in [0.2, 0.25) is 0 Å². The number of imide groups is 1. The van der Waals surface area contributed by atoms with Gasteiger partial charge in [0.15, 0.2) is 0 Å². The van der Waals surface area contributed by atoms with Gasteiger partial charge in [0.05, 0.1) is 22.6 Å². The molecule has 2 amide bonds. The fraction of sp³-hybridized carbons (Fsp3) is 0.111. The van der Waals surface area contributed by atoms with Crippen LogP contribution in [-0.2, 0) is 51.3 Å². The monoisotopic (exact) mass is 1200 g/mol. The molecule has 0 saturated carbocycles. The minimum Gasteiger partial charge on any atom is -0.489 e. The fourth-order valence-corrected chi connectivity index (χ4v) is 7.71. The molecular formula is C72H67N3O14. The SMILES string of the molecule is C=C(C)C(=O)OCCN(C)c1ccc([N+](=O)[O-])cc1.C=CC(=O)OCCOc1ccccc1-c1ccccc1.C=CC(=O)OCc1ccc(-c2ccccc2)cc1.C=CC(=O)OCc1cccc(Oc2ccccc2)c1.C=CN1C(=O)c2ccccc2C1=O. The lowest BCUT2D eigenvalue weighted by Crippen LogP contribution is -2.24. The number of para-hydroxylation sites is 2. The molecule has 0 radical (unpaired) electrons. The van der Waals surface area contributed by atoms with Crippen LogP contribution in [0, 0.1) is 10.1 Å². The third-order valence-corrected chi connectivity index (χ3v) is 12.3. The lowest BCUT2D eigenvalue weighted by molar-refractivity contribution is -0.384. The minimum absolute atomic E-state index is 0.0471. The number of carbonyl (C=O) groups is 6. The number of non-ortho nitro benzene ring substituents is 1. The number of esters is 4. The number of nitro groups is 1. The Balaban J connectivity index is 0.000000204. The van der Waals surface area contributed by atoms with Gasteiger partial charge < -0.3 is 33.3 Å². The predicted octanol–water partition coefficient (Wildman–Crippen LogP) is 14.3. The van der Waals surface area contributed by atoms with Crippen molar-refractivity contribution in [2.45, 2.75) is 20.1 Å². The summed E-state index contributed by atoms with van der Waals surface area (Å²) in [5.74, 6) is -0.0424. The predicted molar refractivity (Wildman–Crippen MR) is 343 cm³/mol. The Kier molecular flexibility index (Phi) is 28.2. The Bertz CT molecular complexity index is 3650. The average molecular weight is 1200 g/mol. The van der Waals surface area contributed by atoms with Crippen molar-refractivity contribution < 1.29 is 62.1 Å². The number of anilines is 1. The smallest absolute Gasteiger partial charge is 0.333 e. The fourth-order valence-electron chi connectivity index (χ4n) is 7.71. The molecule has 1 aliphatic rings. The van der Waals surface area contributed by atoms with Gasteiger partial charge in [0, 0.05) is 60.4 Å². The third-order valence-electron chi connectivity index (χ3n) is 12.3. The summed E-state index contributed by atoms with van der Waals surface area (Å²) in [6.07, 6.45) is 4.69. The maximum Gasteiger partial charge on any atom is 0.333 e. The van der Waals surface area contributed by atoms with E-state index < -0.39 is 28.8 Å². The van der Waals surface area contributed by atoms with Crippen LogP contribution < -0.4 is 14.4 Å². The summed E-state index contributed by atoms with van der Waals surface area (Å²) >= 11 is 0. The molecular weight excluding hydrogens is 1130 g/mol. The van der Waals surface area contributed by atoms with Gasteiger partial charge in [-0.1, -0.05) is 178 Å². The number of ether oxygens (including phenoxy) is 6. The third kappa shape index (κ3) is 23.0. The molecule has 0 unspecified atom stereocenters. The molecule has 8 aromatic carbocycles. The zero-order valence-electron chi connectivity index (χ0n) is 49.4. The number of carbonyl (C=O) groups excluding carboxylic acids is 6. The summed E-state index contributed by atoms with van der Waals surface area (Å²) in [6.45, 7) is 20.2. The normalized spacial score (nSPS) is 10.5. The number of rotatable bonds is 22. The lowest BCUT2D eigenvalue weighted by Gasteiger charge is -2.18. The van der Waals surface area contributed by atoms with Gasteiger partial charge in [-0.3, -0.25) is 19.7 Å². The van der Waals surface area contributed by atoms with E-state index in [1.54, 1.807) is 43.3 Å².